The number of nitrogens with zero attached hydrogens (tertiary/aromatic N) is 3. The van der Waals surface area contributed by atoms with Crippen molar-refractivity contribution in [2.45, 2.75) is 51.9 Å². The van der Waals surface area contributed by atoms with Crippen LogP contribution in [-0.4, -0.2) is 57.4 Å². The van der Waals surface area contributed by atoms with Crippen LogP contribution in [0.5, 0.6) is 5.88 Å². The molecule has 4 rings (SSSR count). The topological polar surface area (TPSA) is 128 Å². The highest BCUT2D eigenvalue weighted by molar-refractivity contribution is 9.10. The molecule has 1 aliphatic rings. The Labute approximate surface area is 214 Å². The lowest BCUT2D eigenvalue weighted by atomic mass is 10.1. The molecule has 1 aromatic carbocycles. The Hall–Kier alpha value is -3.51. The Kier molecular flexibility index (Phi) is 7.85. The summed E-state index contributed by atoms with van der Waals surface area (Å²) >= 11 is 3.40. The lowest BCUT2D eigenvalue weighted by molar-refractivity contribution is -0.166. The van der Waals surface area contributed by atoms with Gasteiger partial charge in [0.2, 0.25) is 5.88 Å². The van der Waals surface area contributed by atoms with Crippen LogP contribution < -0.4 is 4.74 Å². The molecular formula is C24H24BrN3O8. The van der Waals surface area contributed by atoms with Crippen LogP contribution in [0.1, 0.15) is 32.6 Å². The van der Waals surface area contributed by atoms with Gasteiger partial charge in [0.1, 0.15) is 23.9 Å². The maximum absolute atomic E-state index is 11.9. The van der Waals surface area contributed by atoms with Crippen molar-refractivity contribution in [1.82, 2.24) is 14.5 Å². The number of pyridine rings is 1. The molecule has 1 aliphatic heterocycles. The number of hydrogen-bond donors (Lipinski definition) is 0. The molecule has 11 nitrogen and oxygen atoms in total. The van der Waals surface area contributed by atoms with Gasteiger partial charge in [0.05, 0.1) is 11.8 Å². The van der Waals surface area contributed by atoms with E-state index >= 15 is 0 Å². The average Bonchev–Trinajstić information content (AvgIpc) is 3.37. The molecule has 12 heteroatoms. The molecule has 0 amide bonds. The highest BCUT2D eigenvalue weighted by Gasteiger charge is 2.51. The molecule has 0 spiro atoms. The number of carbonyl (C=O) groups excluding carboxylic acids is 3. The minimum absolute atomic E-state index is 0.204. The van der Waals surface area contributed by atoms with E-state index in [1.54, 1.807) is 10.6 Å². The number of carbonyl (C=O) groups is 3. The molecule has 36 heavy (non-hydrogen) atoms. The number of aromatic nitrogens is 3. The number of rotatable bonds is 8. The molecule has 0 aliphatic carbocycles. The van der Waals surface area contributed by atoms with Gasteiger partial charge in [-0.15, -0.1) is 0 Å². The highest BCUT2D eigenvalue weighted by Crippen LogP contribution is 2.37. The van der Waals surface area contributed by atoms with Gasteiger partial charge >= 0.3 is 17.9 Å². The van der Waals surface area contributed by atoms with E-state index in [-0.39, 0.29) is 19.1 Å². The summed E-state index contributed by atoms with van der Waals surface area (Å²) in [5.41, 5.74) is 1.97. The molecule has 1 fully saturated rings. The number of esters is 3. The lowest BCUT2D eigenvalue weighted by Crippen LogP contribution is -2.40. The summed E-state index contributed by atoms with van der Waals surface area (Å²) in [7, 11) is 0. The van der Waals surface area contributed by atoms with Crippen LogP contribution in [-0.2, 0) is 39.9 Å². The zero-order chi connectivity index (χ0) is 25.8. The fourth-order valence-electron chi connectivity index (χ4n) is 3.92. The zero-order valence-electron chi connectivity index (χ0n) is 19.8. The van der Waals surface area contributed by atoms with Crippen LogP contribution in [0.2, 0.25) is 0 Å². The summed E-state index contributed by atoms with van der Waals surface area (Å²) in [5, 5.41) is 0. The monoisotopic (exact) mass is 561 g/mol. The summed E-state index contributed by atoms with van der Waals surface area (Å²) in [6.45, 7) is 3.80. The summed E-state index contributed by atoms with van der Waals surface area (Å²) in [5.74, 6) is -1.45. The first kappa shape index (κ1) is 25.6. The van der Waals surface area contributed by atoms with E-state index < -0.39 is 42.4 Å². The molecule has 3 aromatic rings. The van der Waals surface area contributed by atoms with Crippen molar-refractivity contribution in [3.63, 3.8) is 0 Å². The predicted octanol–water partition coefficient (Wildman–Crippen LogP) is 3.10. The first-order chi connectivity index (χ1) is 17.2. The minimum atomic E-state index is -1.04. The van der Waals surface area contributed by atoms with Crippen molar-refractivity contribution >= 4 is 44.9 Å². The number of fused-ring (bicyclic) bond motifs is 1. The zero-order valence-corrected chi connectivity index (χ0v) is 21.3. The molecule has 4 atom stereocenters. The first-order valence-corrected chi connectivity index (χ1v) is 11.8. The van der Waals surface area contributed by atoms with Crippen LogP contribution in [0.15, 0.2) is 47.3 Å². The molecule has 0 bridgehead atoms. The second-order valence-corrected chi connectivity index (χ2v) is 8.87. The van der Waals surface area contributed by atoms with Gasteiger partial charge in [-0.1, -0.05) is 30.3 Å². The van der Waals surface area contributed by atoms with E-state index in [1.807, 2.05) is 30.3 Å². The third-order valence-electron chi connectivity index (χ3n) is 5.33. The van der Waals surface area contributed by atoms with Crippen LogP contribution in [0, 0.1) is 0 Å². The third kappa shape index (κ3) is 5.82. The summed E-state index contributed by atoms with van der Waals surface area (Å²) < 4.78 is 30.2. The fourth-order valence-corrected chi connectivity index (χ4v) is 4.30. The second kappa shape index (κ2) is 11.0. The van der Waals surface area contributed by atoms with E-state index in [4.69, 9.17) is 23.7 Å². The molecule has 0 saturated carbocycles. The van der Waals surface area contributed by atoms with Gasteiger partial charge in [0.25, 0.3) is 0 Å². The van der Waals surface area contributed by atoms with Crippen molar-refractivity contribution in [3.8, 4) is 5.88 Å². The molecule has 2 aromatic heterocycles. The van der Waals surface area contributed by atoms with Crippen molar-refractivity contribution < 1.29 is 38.1 Å². The average molecular weight is 562 g/mol. The molecule has 2 unspecified atom stereocenters. The van der Waals surface area contributed by atoms with Crippen LogP contribution >= 0.6 is 15.9 Å². The molecule has 1 saturated heterocycles. The molecule has 0 N–H and O–H groups in total. The maximum atomic E-state index is 11.9. The van der Waals surface area contributed by atoms with E-state index in [2.05, 4.69) is 25.9 Å². The van der Waals surface area contributed by atoms with E-state index in [0.717, 1.165) is 5.56 Å². The van der Waals surface area contributed by atoms with Crippen molar-refractivity contribution in [1.29, 1.82) is 0 Å². The van der Waals surface area contributed by atoms with Gasteiger partial charge in [-0.2, -0.15) is 0 Å². The normalized spacial score (nSPS) is 21.2. The quantitative estimate of drug-likeness (QED) is 0.230. The number of halogens is 1. The molecule has 190 valence electrons. The maximum Gasteiger partial charge on any atom is 0.303 e. The summed E-state index contributed by atoms with van der Waals surface area (Å²) in [4.78, 5) is 44.0. The number of hydrogen-bond acceptors (Lipinski definition) is 10. The number of imidazole rings is 1. The number of ether oxygens (including phenoxy) is 5. The summed E-state index contributed by atoms with van der Waals surface area (Å²) in [6, 6.07) is 11.3. The molecule has 3 heterocycles. The first-order valence-electron chi connectivity index (χ1n) is 11.1. The van der Waals surface area contributed by atoms with Crippen molar-refractivity contribution in [2.24, 2.45) is 0 Å². The van der Waals surface area contributed by atoms with E-state index in [9.17, 15) is 14.4 Å². The SMILES string of the molecule is CC(=O)OC[C@H]1O[C@@H](n2cnc3c(OCc4ccccc4)nc(Br)cc32)C(OC(C)=O)C1OC(C)=O. The fraction of sp³-hybridized carbons (Fsp3) is 0.375. The predicted molar refractivity (Wildman–Crippen MR) is 128 cm³/mol. The van der Waals surface area contributed by atoms with Gasteiger partial charge in [-0.3, -0.25) is 19.0 Å². The standard InChI is InChI=1S/C24H24BrN3O8/c1-13(29)32-11-18-21(34-14(2)30)22(35-15(3)31)24(36-18)28-12-26-20-17(28)9-19(25)27-23(20)33-10-16-7-5-4-6-8-16/h4-9,12,18,21-22,24H,10-11H2,1-3H3/t18-,21?,22?,24-/m1/s1. The largest absolute Gasteiger partial charge is 0.471 e. The Morgan fingerprint density at radius 3 is 2.39 bits per heavy atom. The Morgan fingerprint density at radius 1 is 1.03 bits per heavy atom. The smallest absolute Gasteiger partial charge is 0.303 e. The minimum Gasteiger partial charge on any atom is -0.471 e. The van der Waals surface area contributed by atoms with Crippen LogP contribution in [0.4, 0.5) is 0 Å². The van der Waals surface area contributed by atoms with E-state index in [1.165, 1.54) is 27.1 Å². The Balaban J connectivity index is 1.70. The van der Waals surface area contributed by atoms with Gasteiger partial charge < -0.3 is 23.7 Å². The van der Waals surface area contributed by atoms with Crippen molar-refractivity contribution in [3.05, 3.63) is 52.9 Å². The van der Waals surface area contributed by atoms with Gasteiger partial charge in [-0.25, -0.2) is 9.97 Å². The van der Waals surface area contributed by atoms with Crippen molar-refractivity contribution in [2.75, 3.05) is 6.61 Å². The number of benzene rings is 1. The Bertz CT molecular complexity index is 1260. The van der Waals surface area contributed by atoms with Crippen LogP contribution in [0.3, 0.4) is 0 Å². The molecular weight excluding hydrogens is 538 g/mol. The highest BCUT2D eigenvalue weighted by atomic mass is 79.9. The van der Waals surface area contributed by atoms with E-state index in [0.29, 0.717) is 15.6 Å². The van der Waals surface area contributed by atoms with Crippen LogP contribution in [0.25, 0.3) is 11.0 Å². The third-order valence-corrected chi connectivity index (χ3v) is 5.74. The lowest BCUT2D eigenvalue weighted by Gasteiger charge is -2.24. The Morgan fingerprint density at radius 2 is 1.72 bits per heavy atom. The van der Waals surface area contributed by atoms with Gasteiger partial charge in [0, 0.05) is 20.8 Å². The van der Waals surface area contributed by atoms with Gasteiger partial charge in [-0.05, 0) is 27.6 Å². The summed E-state index contributed by atoms with van der Waals surface area (Å²) in [6.07, 6.45) is -2.39. The van der Waals surface area contributed by atoms with Gasteiger partial charge in [0.15, 0.2) is 24.0 Å². The molecule has 0 radical (unpaired) electrons. The second-order valence-electron chi connectivity index (χ2n) is 8.06.